The van der Waals surface area contributed by atoms with Crippen molar-refractivity contribution < 1.29 is 17.3 Å². The number of piperazine rings is 1. The van der Waals surface area contributed by atoms with Gasteiger partial charge in [0.1, 0.15) is 0 Å². The summed E-state index contributed by atoms with van der Waals surface area (Å²) < 4.78 is 38.7. The highest BCUT2D eigenvalue weighted by Crippen LogP contribution is 2.40. The number of para-hydroxylation sites is 1. The van der Waals surface area contributed by atoms with Crippen LogP contribution in [-0.2, 0) is 10.0 Å². The van der Waals surface area contributed by atoms with Gasteiger partial charge in [0.05, 0.1) is 0 Å². The highest BCUT2D eigenvalue weighted by atomic mass is 32.2. The van der Waals surface area contributed by atoms with E-state index in [1.54, 1.807) is 6.07 Å². The summed E-state index contributed by atoms with van der Waals surface area (Å²) in [6.45, 7) is 4.13. The van der Waals surface area contributed by atoms with Gasteiger partial charge in [-0.2, -0.15) is 4.31 Å². The first-order chi connectivity index (χ1) is 14.0. The van der Waals surface area contributed by atoms with Crippen molar-refractivity contribution in [1.82, 2.24) is 14.5 Å². The molecule has 3 heterocycles. The first kappa shape index (κ1) is 18.4. The lowest BCUT2D eigenvalue weighted by molar-refractivity contribution is 0.361. The third-order valence-electron chi connectivity index (χ3n) is 5.45. The minimum atomic E-state index is -3.71. The zero-order valence-electron chi connectivity index (χ0n) is 16.1. The standard InChI is InChI=1S/C20H22N4O4S/c1-14-4-2-3-5-16(14)23-10-12-24(13-11-23)29(25,26)18-9-8-17(27-18)20-22-21-19(28-20)15-6-7-15/h2-5,8-9,15H,6-7,10-13H2,1H3. The Bertz CT molecular complexity index is 1120. The van der Waals surface area contributed by atoms with Crippen molar-refractivity contribution >= 4 is 15.7 Å². The van der Waals surface area contributed by atoms with Gasteiger partial charge in [-0.15, -0.1) is 10.2 Å². The Kier molecular flexibility index (Phi) is 4.44. The number of aromatic nitrogens is 2. The molecule has 0 amide bonds. The molecule has 5 rings (SSSR count). The molecule has 1 saturated heterocycles. The summed E-state index contributed by atoms with van der Waals surface area (Å²) >= 11 is 0. The molecule has 1 aromatic carbocycles. The topological polar surface area (TPSA) is 92.7 Å². The minimum Gasteiger partial charge on any atom is -0.438 e. The number of anilines is 1. The molecule has 152 valence electrons. The maximum absolute atomic E-state index is 13.0. The first-order valence-corrected chi connectivity index (χ1v) is 11.2. The second kappa shape index (κ2) is 7.00. The predicted molar refractivity (Wildman–Crippen MR) is 106 cm³/mol. The van der Waals surface area contributed by atoms with Crippen molar-refractivity contribution in [2.75, 3.05) is 31.1 Å². The molecule has 8 nitrogen and oxygen atoms in total. The summed E-state index contributed by atoms with van der Waals surface area (Å²) in [4.78, 5) is 2.22. The van der Waals surface area contributed by atoms with E-state index in [-0.39, 0.29) is 16.7 Å². The van der Waals surface area contributed by atoms with Crippen molar-refractivity contribution in [2.24, 2.45) is 0 Å². The lowest BCUT2D eigenvalue weighted by Gasteiger charge is -2.35. The van der Waals surface area contributed by atoms with Crippen LogP contribution in [0.1, 0.15) is 30.2 Å². The van der Waals surface area contributed by atoms with Gasteiger partial charge in [-0.3, -0.25) is 0 Å². The van der Waals surface area contributed by atoms with Crippen LogP contribution in [0.15, 0.2) is 50.3 Å². The zero-order valence-corrected chi connectivity index (χ0v) is 16.9. The van der Waals surface area contributed by atoms with Crippen LogP contribution in [0.5, 0.6) is 0 Å². The van der Waals surface area contributed by atoms with Crippen LogP contribution >= 0.6 is 0 Å². The van der Waals surface area contributed by atoms with Gasteiger partial charge in [0.25, 0.3) is 15.9 Å². The molecule has 2 fully saturated rings. The Morgan fingerprint density at radius 1 is 0.966 bits per heavy atom. The fourth-order valence-corrected chi connectivity index (χ4v) is 4.95. The van der Waals surface area contributed by atoms with E-state index in [2.05, 4.69) is 34.2 Å². The molecule has 3 aromatic rings. The molecule has 1 saturated carbocycles. The number of hydrogen-bond acceptors (Lipinski definition) is 7. The van der Waals surface area contributed by atoms with Gasteiger partial charge in [0, 0.05) is 37.8 Å². The lowest BCUT2D eigenvalue weighted by atomic mass is 10.1. The van der Waals surface area contributed by atoms with Crippen LogP contribution < -0.4 is 4.90 Å². The van der Waals surface area contributed by atoms with Crippen molar-refractivity contribution in [3.63, 3.8) is 0 Å². The molecule has 1 aliphatic heterocycles. The number of furan rings is 1. The molecule has 9 heteroatoms. The smallest absolute Gasteiger partial charge is 0.283 e. The monoisotopic (exact) mass is 414 g/mol. The Hall–Kier alpha value is -2.65. The largest absolute Gasteiger partial charge is 0.438 e. The quantitative estimate of drug-likeness (QED) is 0.633. The molecule has 0 N–H and O–H groups in total. The molecule has 1 aliphatic carbocycles. The molecule has 0 atom stereocenters. The number of aryl methyl sites for hydroxylation is 1. The van der Waals surface area contributed by atoms with E-state index in [9.17, 15) is 8.42 Å². The van der Waals surface area contributed by atoms with Crippen molar-refractivity contribution in [3.8, 4) is 11.7 Å². The van der Waals surface area contributed by atoms with Gasteiger partial charge in [0.2, 0.25) is 11.0 Å². The summed E-state index contributed by atoms with van der Waals surface area (Å²) in [6, 6.07) is 11.2. The average Bonchev–Trinajstić information content (AvgIpc) is 3.25. The minimum absolute atomic E-state index is 0.0944. The number of sulfonamides is 1. The molecule has 0 bridgehead atoms. The van der Waals surface area contributed by atoms with Gasteiger partial charge in [0.15, 0.2) is 5.76 Å². The number of nitrogens with zero attached hydrogens (tertiary/aromatic N) is 4. The predicted octanol–water partition coefficient (Wildman–Crippen LogP) is 3.03. The highest BCUT2D eigenvalue weighted by molar-refractivity contribution is 7.89. The molecular weight excluding hydrogens is 392 g/mol. The second-order valence-corrected chi connectivity index (χ2v) is 9.38. The van der Waals surface area contributed by atoms with Gasteiger partial charge in [-0.1, -0.05) is 18.2 Å². The molecule has 2 aromatic heterocycles. The summed E-state index contributed by atoms with van der Waals surface area (Å²) in [5, 5.41) is 7.91. The lowest BCUT2D eigenvalue weighted by Crippen LogP contribution is -2.48. The number of benzene rings is 1. The SMILES string of the molecule is Cc1ccccc1N1CCN(S(=O)(=O)c2ccc(-c3nnc(C4CC4)o3)o2)CC1. The molecule has 29 heavy (non-hydrogen) atoms. The number of rotatable bonds is 5. The van der Waals surface area contributed by atoms with Gasteiger partial charge in [-0.25, -0.2) is 8.42 Å². The van der Waals surface area contributed by atoms with Crippen LogP contribution in [0.25, 0.3) is 11.7 Å². The Morgan fingerprint density at radius 2 is 1.72 bits per heavy atom. The second-order valence-electron chi connectivity index (χ2n) is 7.52. The molecule has 0 radical (unpaired) electrons. The third kappa shape index (κ3) is 3.44. The molecule has 2 aliphatic rings. The van der Waals surface area contributed by atoms with Gasteiger partial charge >= 0.3 is 0 Å². The maximum atomic E-state index is 13.0. The first-order valence-electron chi connectivity index (χ1n) is 9.77. The Morgan fingerprint density at radius 3 is 2.45 bits per heavy atom. The van der Waals surface area contributed by atoms with Crippen LogP contribution in [0.4, 0.5) is 5.69 Å². The van der Waals surface area contributed by atoms with Crippen molar-refractivity contribution in [1.29, 1.82) is 0 Å². The highest BCUT2D eigenvalue weighted by Gasteiger charge is 2.33. The van der Waals surface area contributed by atoms with Gasteiger partial charge in [-0.05, 0) is 43.5 Å². The summed E-state index contributed by atoms with van der Waals surface area (Å²) in [7, 11) is -3.71. The summed E-state index contributed by atoms with van der Waals surface area (Å²) in [5.74, 6) is 1.42. The van der Waals surface area contributed by atoms with E-state index in [0.717, 1.165) is 18.5 Å². The fourth-order valence-electron chi connectivity index (χ4n) is 3.62. The third-order valence-corrected chi connectivity index (χ3v) is 7.22. The van der Waals surface area contributed by atoms with Crippen LogP contribution in [0.3, 0.4) is 0 Å². The Labute approximate surface area is 169 Å². The summed E-state index contributed by atoms with van der Waals surface area (Å²) in [5.41, 5.74) is 2.33. The number of hydrogen-bond donors (Lipinski definition) is 0. The van der Waals surface area contributed by atoms with Crippen LogP contribution in [0, 0.1) is 6.92 Å². The molecular formula is C20H22N4O4S. The van der Waals surface area contributed by atoms with Gasteiger partial charge < -0.3 is 13.7 Å². The van der Waals surface area contributed by atoms with Crippen molar-refractivity contribution in [3.05, 3.63) is 47.9 Å². The van der Waals surface area contributed by atoms with Crippen LogP contribution in [-0.4, -0.2) is 49.1 Å². The zero-order chi connectivity index (χ0) is 20.0. The normalized spacial score (nSPS) is 18.3. The average molecular weight is 414 g/mol. The molecule has 0 unspecified atom stereocenters. The Balaban J connectivity index is 1.30. The summed E-state index contributed by atoms with van der Waals surface area (Å²) in [6.07, 6.45) is 2.10. The van der Waals surface area contributed by atoms with E-state index in [4.69, 9.17) is 8.83 Å². The van der Waals surface area contributed by atoms with E-state index >= 15 is 0 Å². The van der Waals surface area contributed by atoms with Crippen molar-refractivity contribution in [2.45, 2.75) is 30.8 Å². The van der Waals surface area contributed by atoms with E-state index < -0.39 is 10.0 Å². The van der Waals surface area contributed by atoms with Crippen LogP contribution in [0.2, 0.25) is 0 Å². The van der Waals surface area contributed by atoms with E-state index in [0.29, 0.717) is 38.0 Å². The fraction of sp³-hybridized carbons (Fsp3) is 0.400. The van der Waals surface area contributed by atoms with E-state index in [1.807, 2.05) is 12.1 Å². The van der Waals surface area contributed by atoms with E-state index in [1.165, 1.54) is 15.9 Å². The molecule has 0 spiro atoms. The maximum Gasteiger partial charge on any atom is 0.283 e.